The van der Waals surface area contributed by atoms with Crippen LogP contribution in [0.3, 0.4) is 0 Å². The second-order valence-electron chi connectivity index (χ2n) is 0.848. The molecule has 0 heterocycles. The molecular weight excluding hydrogens is 498 g/mol. The first-order valence-electron chi connectivity index (χ1n) is 1.95. The van der Waals surface area contributed by atoms with Crippen molar-refractivity contribution >= 4 is 18.5 Å². The molecule has 6 N–H and O–H groups in total. The topological polar surface area (TPSA) is 173 Å². The molecule has 2 radical (unpaired) electrons. The Morgan fingerprint density at radius 3 is 0.500 bits per heavy atom. The van der Waals surface area contributed by atoms with Crippen LogP contribution in [0.2, 0.25) is 0 Å². The molecule has 0 fully saturated rings. The van der Waals surface area contributed by atoms with E-state index in [1.54, 1.807) is 0 Å². The van der Waals surface area contributed by atoms with E-state index in [0.29, 0.717) is 0 Å². The van der Waals surface area contributed by atoms with Crippen LogP contribution in [-0.2, 0) is 0 Å². The van der Waals surface area contributed by atoms with Gasteiger partial charge in [-0.25, -0.2) is 14.4 Å². The van der Waals surface area contributed by atoms with E-state index in [2.05, 4.69) is 0 Å². The first kappa shape index (κ1) is 29.3. The van der Waals surface area contributed by atoms with Gasteiger partial charge in [0, 0.05) is 77.2 Å². The maximum Gasteiger partial charge on any atom is 0.503 e. The van der Waals surface area contributed by atoms with E-state index in [4.69, 9.17) is 45.0 Å². The van der Waals surface area contributed by atoms with Crippen LogP contribution in [0.25, 0.3) is 0 Å². The van der Waals surface area contributed by atoms with Crippen LogP contribution >= 0.6 is 0 Å². The number of carboxylic acid groups (broad SMARTS) is 6. The van der Waals surface area contributed by atoms with Gasteiger partial charge in [0.25, 0.3) is 0 Å². The van der Waals surface area contributed by atoms with E-state index in [1.807, 2.05) is 0 Å². The molecule has 0 atom stereocenters. The van der Waals surface area contributed by atoms with Crippen molar-refractivity contribution in [1.29, 1.82) is 0 Å². The van der Waals surface area contributed by atoms with Crippen molar-refractivity contribution in [2.24, 2.45) is 0 Å². The molecule has 0 saturated heterocycles. The summed E-state index contributed by atoms with van der Waals surface area (Å²) in [5, 5.41) is 41.8. The van der Waals surface area contributed by atoms with E-state index in [9.17, 15) is 0 Å². The summed E-state index contributed by atoms with van der Waals surface area (Å²) in [6, 6.07) is 0. The molecule has 0 aromatic carbocycles. The van der Waals surface area contributed by atoms with Gasteiger partial charge in [0.1, 0.15) is 0 Å². The molecule has 0 saturated carbocycles. The van der Waals surface area contributed by atoms with Crippen LogP contribution in [0, 0.1) is 77.2 Å². The Balaban J connectivity index is -0.0000000270. The maximum atomic E-state index is 8.56. The van der Waals surface area contributed by atoms with Gasteiger partial charge >= 0.3 is 18.5 Å². The summed E-state index contributed by atoms with van der Waals surface area (Å²) in [7, 11) is 0. The van der Waals surface area contributed by atoms with Crippen LogP contribution in [0.4, 0.5) is 14.4 Å². The average Bonchev–Trinajstić information content (AvgIpc) is 1.54. The van der Waals surface area contributed by atoms with Crippen LogP contribution < -0.4 is 0 Å². The molecule has 0 aliphatic heterocycles. The fourth-order valence-electron chi connectivity index (χ4n) is 0. The van der Waals surface area contributed by atoms with Gasteiger partial charge in [0.2, 0.25) is 0 Å². The third-order valence-corrected chi connectivity index (χ3v) is 0. The largest absolute Gasteiger partial charge is 0.503 e. The summed E-state index contributed by atoms with van der Waals surface area (Å²) in [6.07, 6.45) is -5.50. The zero-order valence-electron chi connectivity index (χ0n) is 6.07. The minimum Gasteiger partial charge on any atom is -0.450 e. The smallest absolute Gasteiger partial charge is 0.450 e. The molecule has 0 spiro atoms. The Morgan fingerprint density at radius 1 is 0.500 bits per heavy atom. The van der Waals surface area contributed by atoms with E-state index in [-0.39, 0.29) is 77.2 Å². The number of rotatable bonds is 0. The number of hydrogen-bond donors (Lipinski definition) is 6. The van der Waals surface area contributed by atoms with Crippen molar-refractivity contribution < 1.29 is 122 Å². The minimum absolute atomic E-state index is 0. The molecule has 11 heteroatoms. The SMILES string of the molecule is O=C(O)O.O=C(O)O.O=C(O)O.[Tb].[Tb]. The third kappa shape index (κ3) is 11000. The molecule has 14 heavy (non-hydrogen) atoms. The summed E-state index contributed by atoms with van der Waals surface area (Å²) in [4.78, 5) is 25.7. The predicted molar refractivity (Wildman–Crippen MR) is 32.0 cm³/mol. The molecule has 0 unspecified atom stereocenters. The van der Waals surface area contributed by atoms with Crippen LogP contribution in [-0.4, -0.2) is 49.1 Å². The normalized spacial score (nSPS) is 5.14. The van der Waals surface area contributed by atoms with Crippen LogP contribution in [0.1, 0.15) is 0 Å². The fourth-order valence-corrected chi connectivity index (χ4v) is 0. The Kier molecular flexibility index (Phi) is 48.7. The quantitative estimate of drug-likeness (QED) is 0.277. The second kappa shape index (κ2) is 23.3. The summed E-state index contributed by atoms with van der Waals surface area (Å²) >= 11 is 0. The molecule has 0 aliphatic carbocycles. The van der Waals surface area contributed by atoms with Crippen molar-refractivity contribution in [1.82, 2.24) is 0 Å². The van der Waals surface area contributed by atoms with Gasteiger partial charge in [-0.3, -0.25) is 0 Å². The van der Waals surface area contributed by atoms with Crippen molar-refractivity contribution in [2.75, 3.05) is 0 Å². The van der Waals surface area contributed by atoms with Gasteiger partial charge in [-0.15, -0.1) is 0 Å². The number of hydrogen-bond acceptors (Lipinski definition) is 3. The molecule has 90 valence electrons. The summed E-state index contributed by atoms with van der Waals surface area (Å²) in [5.74, 6) is 0. The van der Waals surface area contributed by atoms with Gasteiger partial charge in [0.05, 0.1) is 0 Å². The summed E-state index contributed by atoms with van der Waals surface area (Å²) < 4.78 is 0. The van der Waals surface area contributed by atoms with Gasteiger partial charge in [-0.05, 0) is 0 Å². The average molecular weight is 504 g/mol. The summed E-state index contributed by atoms with van der Waals surface area (Å²) in [5.41, 5.74) is 0. The molecular formula is C3H6O9Tb2. The van der Waals surface area contributed by atoms with Crippen LogP contribution in [0.15, 0.2) is 0 Å². The Morgan fingerprint density at radius 2 is 0.500 bits per heavy atom. The van der Waals surface area contributed by atoms with Crippen LogP contribution in [0.5, 0.6) is 0 Å². The van der Waals surface area contributed by atoms with Crippen molar-refractivity contribution in [2.45, 2.75) is 0 Å². The van der Waals surface area contributed by atoms with Crippen molar-refractivity contribution in [3.63, 3.8) is 0 Å². The number of carbonyl (C=O) groups is 3. The third-order valence-electron chi connectivity index (χ3n) is 0. The first-order chi connectivity index (χ1) is 5.20. The monoisotopic (exact) mass is 504 g/mol. The van der Waals surface area contributed by atoms with E-state index >= 15 is 0 Å². The van der Waals surface area contributed by atoms with Gasteiger partial charge in [-0.1, -0.05) is 0 Å². The van der Waals surface area contributed by atoms with E-state index in [1.165, 1.54) is 0 Å². The van der Waals surface area contributed by atoms with E-state index in [0.717, 1.165) is 0 Å². The van der Waals surface area contributed by atoms with E-state index < -0.39 is 18.5 Å². The zero-order chi connectivity index (χ0) is 10.7. The Bertz CT molecular complexity index is 116. The molecule has 0 amide bonds. The fraction of sp³-hybridized carbons (Fsp3) is 0. The standard InChI is InChI=1S/3CH2O3.2Tb/c3*2-1(3)4;;/h3*(H2,2,3,4);;. The molecule has 0 rings (SSSR count). The van der Waals surface area contributed by atoms with Gasteiger partial charge in [0.15, 0.2) is 0 Å². The van der Waals surface area contributed by atoms with Gasteiger partial charge < -0.3 is 30.6 Å². The molecule has 0 aromatic heterocycles. The Labute approximate surface area is 139 Å². The Hall–Kier alpha value is 0.381. The minimum atomic E-state index is -1.83. The van der Waals surface area contributed by atoms with Crippen molar-refractivity contribution in [3.8, 4) is 0 Å². The predicted octanol–water partition coefficient (Wildman–Crippen LogP) is 0.667. The summed E-state index contributed by atoms with van der Waals surface area (Å²) in [6.45, 7) is 0. The second-order valence-corrected chi connectivity index (χ2v) is 0.848. The molecule has 9 nitrogen and oxygen atoms in total. The molecule has 0 aliphatic rings. The maximum absolute atomic E-state index is 8.56. The molecule has 0 aromatic rings. The van der Waals surface area contributed by atoms with Gasteiger partial charge in [-0.2, -0.15) is 0 Å². The first-order valence-corrected chi connectivity index (χ1v) is 1.95. The molecule has 0 bridgehead atoms. The zero-order valence-corrected chi connectivity index (χ0v) is 10.4. The van der Waals surface area contributed by atoms with Crippen molar-refractivity contribution in [3.05, 3.63) is 0 Å².